The topological polar surface area (TPSA) is 62.0 Å². The molecule has 1 aromatic heterocycles. The van der Waals surface area contributed by atoms with Crippen LogP contribution in [-0.4, -0.2) is 16.7 Å². The summed E-state index contributed by atoms with van der Waals surface area (Å²) in [5, 5.41) is 10.0. The van der Waals surface area contributed by atoms with Gasteiger partial charge in [-0.25, -0.2) is 0 Å². The summed E-state index contributed by atoms with van der Waals surface area (Å²) < 4.78 is 0. The fraction of sp³-hybridized carbons (Fsp3) is 0.385. The summed E-state index contributed by atoms with van der Waals surface area (Å²) in [7, 11) is 0. The van der Waals surface area contributed by atoms with Crippen molar-refractivity contribution in [2.45, 2.75) is 25.8 Å². The van der Waals surface area contributed by atoms with Gasteiger partial charge < -0.3 is 15.8 Å². The van der Waals surface area contributed by atoms with Crippen molar-refractivity contribution in [2.75, 3.05) is 6.61 Å². The van der Waals surface area contributed by atoms with Gasteiger partial charge in [0, 0.05) is 29.2 Å². The van der Waals surface area contributed by atoms with Crippen LogP contribution in [0.15, 0.2) is 24.3 Å². The minimum atomic E-state index is 0.00306. The molecule has 0 aliphatic heterocycles. The first kappa shape index (κ1) is 11.2. The first-order valence-electron chi connectivity index (χ1n) is 5.67. The summed E-state index contributed by atoms with van der Waals surface area (Å²) >= 11 is 0. The number of H-pyrrole nitrogens is 1. The molecule has 3 heteroatoms. The first-order valence-corrected chi connectivity index (χ1v) is 5.67. The molecule has 0 radical (unpaired) electrons. The number of hydrogen-bond acceptors (Lipinski definition) is 2. The lowest BCUT2D eigenvalue weighted by atomic mass is 10.00. The molecule has 0 amide bonds. The van der Waals surface area contributed by atoms with E-state index in [2.05, 4.69) is 17.1 Å². The third-order valence-electron chi connectivity index (χ3n) is 2.99. The standard InChI is InChI=1S/C13H18N2O/c1-9-13(11(14)6-4-8-16)10-5-2-3-7-12(10)15-9/h2-3,5,7,11,15-16H,4,6,8,14H2,1H3. The quantitative estimate of drug-likeness (QED) is 0.737. The van der Waals surface area contributed by atoms with Crippen molar-refractivity contribution in [3.8, 4) is 0 Å². The van der Waals surface area contributed by atoms with Crippen molar-refractivity contribution in [3.05, 3.63) is 35.5 Å². The number of aryl methyl sites for hydroxylation is 1. The SMILES string of the molecule is Cc1[nH]c2ccccc2c1C(N)CCCO. The van der Waals surface area contributed by atoms with Crippen LogP contribution < -0.4 is 5.73 Å². The van der Waals surface area contributed by atoms with Crippen molar-refractivity contribution in [3.63, 3.8) is 0 Å². The van der Waals surface area contributed by atoms with Gasteiger partial charge in [0.15, 0.2) is 0 Å². The highest BCUT2D eigenvalue weighted by atomic mass is 16.2. The molecule has 4 N–H and O–H groups in total. The van der Waals surface area contributed by atoms with Gasteiger partial charge in [-0.3, -0.25) is 0 Å². The summed E-state index contributed by atoms with van der Waals surface area (Å²) in [6.07, 6.45) is 1.57. The summed E-state index contributed by atoms with van der Waals surface area (Å²) in [5.74, 6) is 0. The minimum absolute atomic E-state index is 0.00306. The van der Waals surface area contributed by atoms with Crippen LogP contribution in [0.4, 0.5) is 0 Å². The van der Waals surface area contributed by atoms with Crippen LogP contribution in [-0.2, 0) is 0 Å². The van der Waals surface area contributed by atoms with E-state index in [1.165, 1.54) is 10.9 Å². The van der Waals surface area contributed by atoms with Crippen LogP contribution in [0.3, 0.4) is 0 Å². The Morgan fingerprint density at radius 2 is 2.12 bits per heavy atom. The molecule has 1 aromatic carbocycles. The highest BCUT2D eigenvalue weighted by molar-refractivity contribution is 5.85. The Kier molecular flexibility index (Phi) is 3.27. The van der Waals surface area contributed by atoms with Gasteiger partial charge >= 0.3 is 0 Å². The second-order valence-electron chi connectivity index (χ2n) is 4.18. The fourth-order valence-corrected chi connectivity index (χ4v) is 2.23. The molecule has 16 heavy (non-hydrogen) atoms. The molecule has 2 rings (SSSR count). The molecule has 0 fully saturated rings. The maximum Gasteiger partial charge on any atom is 0.0459 e. The van der Waals surface area contributed by atoms with E-state index in [0.717, 1.165) is 24.1 Å². The molecule has 2 aromatic rings. The largest absolute Gasteiger partial charge is 0.396 e. The molecule has 86 valence electrons. The number of rotatable bonds is 4. The van der Waals surface area contributed by atoms with E-state index >= 15 is 0 Å². The summed E-state index contributed by atoms with van der Waals surface area (Å²) in [5.41, 5.74) is 9.61. The zero-order valence-corrected chi connectivity index (χ0v) is 9.53. The Hall–Kier alpha value is -1.32. The Morgan fingerprint density at radius 1 is 1.38 bits per heavy atom. The highest BCUT2D eigenvalue weighted by Gasteiger charge is 2.14. The Morgan fingerprint density at radius 3 is 2.88 bits per heavy atom. The molecular weight excluding hydrogens is 200 g/mol. The Labute approximate surface area is 95.3 Å². The monoisotopic (exact) mass is 218 g/mol. The molecule has 0 aliphatic carbocycles. The van der Waals surface area contributed by atoms with Crippen molar-refractivity contribution in [1.29, 1.82) is 0 Å². The van der Waals surface area contributed by atoms with E-state index in [1.54, 1.807) is 0 Å². The van der Waals surface area contributed by atoms with Gasteiger partial charge in [0.2, 0.25) is 0 Å². The van der Waals surface area contributed by atoms with Crippen LogP contribution in [0.1, 0.15) is 30.1 Å². The van der Waals surface area contributed by atoms with Gasteiger partial charge in [-0.15, -0.1) is 0 Å². The number of nitrogens with one attached hydrogen (secondary N) is 1. The molecule has 1 heterocycles. The number of aliphatic hydroxyl groups excluding tert-OH is 1. The molecule has 0 aliphatic rings. The van der Waals surface area contributed by atoms with Crippen molar-refractivity contribution in [2.24, 2.45) is 5.73 Å². The molecular formula is C13H18N2O. The van der Waals surface area contributed by atoms with Crippen LogP contribution in [0.25, 0.3) is 10.9 Å². The van der Waals surface area contributed by atoms with E-state index in [-0.39, 0.29) is 12.6 Å². The van der Waals surface area contributed by atoms with E-state index in [9.17, 15) is 0 Å². The maximum absolute atomic E-state index is 8.83. The van der Waals surface area contributed by atoms with Gasteiger partial charge in [0.25, 0.3) is 0 Å². The Balaban J connectivity index is 2.38. The van der Waals surface area contributed by atoms with Gasteiger partial charge in [0.05, 0.1) is 0 Å². The fourth-order valence-electron chi connectivity index (χ4n) is 2.23. The number of aromatic amines is 1. The second-order valence-corrected chi connectivity index (χ2v) is 4.18. The van der Waals surface area contributed by atoms with Crippen LogP contribution in [0.5, 0.6) is 0 Å². The lowest BCUT2D eigenvalue weighted by molar-refractivity contribution is 0.280. The lowest BCUT2D eigenvalue weighted by Gasteiger charge is -2.11. The average molecular weight is 218 g/mol. The predicted octanol–water partition coefficient (Wildman–Crippen LogP) is 2.25. The molecule has 1 atom stereocenters. The van der Waals surface area contributed by atoms with E-state index in [4.69, 9.17) is 10.8 Å². The van der Waals surface area contributed by atoms with Gasteiger partial charge in [-0.05, 0) is 31.4 Å². The van der Waals surface area contributed by atoms with Crippen molar-refractivity contribution >= 4 is 10.9 Å². The van der Waals surface area contributed by atoms with Gasteiger partial charge in [-0.1, -0.05) is 18.2 Å². The predicted molar refractivity (Wildman–Crippen MR) is 66.3 cm³/mol. The van der Waals surface area contributed by atoms with Gasteiger partial charge in [-0.2, -0.15) is 0 Å². The van der Waals surface area contributed by atoms with Crippen LogP contribution >= 0.6 is 0 Å². The zero-order valence-electron chi connectivity index (χ0n) is 9.53. The number of aromatic nitrogens is 1. The summed E-state index contributed by atoms with van der Waals surface area (Å²) in [6.45, 7) is 2.25. The first-order chi connectivity index (χ1) is 7.74. The van der Waals surface area contributed by atoms with Crippen molar-refractivity contribution < 1.29 is 5.11 Å². The van der Waals surface area contributed by atoms with Crippen molar-refractivity contribution in [1.82, 2.24) is 4.98 Å². The highest BCUT2D eigenvalue weighted by Crippen LogP contribution is 2.28. The summed E-state index contributed by atoms with van der Waals surface area (Å²) in [6, 6.07) is 8.19. The molecule has 0 saturated heterocycles. The molecule has 1 unspecified atom stereocenters. The minimum Gasteiger partial charge on any atom is -0.396 e. The molecule has 0 bridgehead atoms. The van der Waals surface area contributed by atoms with Gasteiger partial charge in [0.1, 0.15) is 0 Å². The average Bonchev–Trinajstić information content (AvgIpc) is 2.62. The van der Waals surface area contributed by atoms with Crippen LogP contribution in [0, 0.1) is 6.92 Å². The second kappa shape index (κ2) is 4.68. The number of aliphatic hydroxyl groups is 1. The number of benzene rings is 1. The zero-order chi connectivity index (χ0) is 11.5. The molecule has 3 nitrogen and oxygen atoms in total. The molecule has 0 saturated carbocycles. The third-order valence-corrected chi connectivity index (χ3v) is 2.99. The number of hydrogen-bond donors (Lipinski definition) is 3. The van der Waals surface area contributed by atoms with E-state index in [1.807, 2.05) is 19.1 Å². The molecule has 0 spiro atoms. The van der Waals surface area contributed by atoms with Crippen LogP contribution in [0.2, 0.25) is 0 Å². The third kappa shape index (κ3) is 1.96. The number of nitrogens with two attached hydrogens (primary N) is 1. The number of para-hydroxylation sites is 1. The normalized spacial score (nSPS) is 13.2. The number of fused-ring (bicyclic) bond motifs is 1. The van der Waals surface area contributed by atoms with E-state index < -0.39 is 0 Å². The smallest absolute Gasteiger partial charge is 0.0459 e. The maximum atomic E-state index is 8.83. The Bertz CT molecular complexity index is 476. The van der Waals surface area contributed by atoms with E-state index in [0.29, 0.717) is 0 Å². The lowest BCUT2D eigenvalue weighted by Crippen LogP contribution is -2.11. The summed E-state index contributed by atoms with van der Waals surface area (Å²) in [4.78, 5) is 3.34.